The van der Waals surface area contributed by atoms with E-state index in [1.807, 2.05) is 24.3 Å². The van der Waals surface area contributed by atoms with E-state index in [0.717, 1.165) is 42.3 Å². The average molecular weight is 277 g/mol. The smallest absolute Gasteiger partial charge is 0.0948 e. The molecule has 0 aliphatic heterocycles. The van der Waals surface area contributed by atoms with Crippen LogP contribution in [0.15, 0.2) is 30.5 Å². The van der Waals surface area contributed by atoms with Crippen LogP contribution in [-0.2, 0) is 0 Å². The lowest BCUT2D eigenvalue weighted by atomic mass is 10.0. The van der Waals surface area contributed by atoms with E-state index in [9.17, 15) is 5.11 Å². The van der Waals surface area contributed by atoms with Gasteiger partial charge in [0.25, 0.3) is 0 Å². The molecule has 1 aromatic carbocycles. The fourth-order valence-corrected chi connectivity index (χ4v) is 2.97. The molecule has 1 aromatic heterocycles. The summed E-state index contributed by atoms with van der Waals surface area (Å²) in [6.07, 6.45) is 5.72. The molecule has 0 unspecified atom stereocenters. The molecule has 1 heterocycles. The number of anilines is 1. The van der Waals surface area contributed by atoms with Gasteiger partial charge in [0.05, 0.1) is 21.8 Å². The zero-order valence-electron chi connectivity index (χ0n) is 10.7. The highest BCUT2D eigenvalue weighted by atomic mass is 35.5. The minimum atomic E-state index is -0.569. The Labute approximate surface area is 117 Å². The first-order valence-corrected chi connectivity index (χ1v) is 7.05. The van der Waals surface area contributed by atoms with Gasteiger partial charge in [0.1, 0.15) is 0 Å². The number of nitrogens with zero attached hydrogens (tertiary/aromatic N) is 1. The van der Waals surface area contributed by atoms with Crippen LogP contribution in [0.4, 0.5) is 5.69 Å². The first-order chi connectivity index (χ1) is 9.18. The van der Waals surface area contributed by atoms with E-state index in [1.165, 1.54) is 0 Å². The zero-order chi connectivity index (χ0) is 13.3. The Balaban J connectivity index is 1.87. The second kappa shape index (κ2) is 4.99. The van der Waals surface area contributed by atoms with E-state index < -0.39 is 5.60 Å². The Hall–Kier alpha value is -1.32. The maximum Gasteiger partial charge on any atom is 0.0948 e. The van der Waals surface area contributed by atoms with Gasteiger partial charge in [-0.3, -0.25) is 4.98 Å². The van der Waals surface area contributed by atoms with E-state index in [2.05, 4.69) is 10.3 Å². The maximum absolute atomic E-state index is 10.4. The van der Waals surface area contributed by atoms with Crippen molar-refractivity contribution in [3.8, 4) is 0 Å². The molecule has 100 valence electrons. The summed E-state index contributed by atoms with van der Waals surface area (Å²) in [4.78, 5) is 4.38. The summed E-state index contributed by atoms with van der Waals surface area (Å²) in [7, 11) is 0. The minimum Gasteiger partial charge on any atom is -0.388 e. The van der Waals surface area contributed by atoms with Crippen LogP contribution in [0, 0.1) is 0 Å². The van der Waals surface area contributed by atoms with Crippen LogP contribution in [0.5, 0.6) is 0 Å². The van der Waals surface area contributed by atoms with Crippen LogP contribution in [0.3, 0.4) is 0 Å². The molecule has 1 aliphatic rings. The van der Waals surface area contributed by atoms with Gasteiger partial charge in [-0.1, -0.05) is 24.4 Å². The van der Waals surface area contributed by atoms with Crippen LogP contribution >= 0.6 is 11.6 Å². The molecule has 0 saturated heterocycles. The second-order valence-electron chi connectivity index (χ2n) is 5.28. The number of fused-ring (bicyclic) bond motifs is 1. The topological polar surface area (TPSA) is 45.1 Å². The molecule has 19 heavy (non-hydrogen) atoms. The summed E-state index contributed by atoms with van der Waals surface area (Å²) < 4.78 is 0. The van der Waals surface area contributed by atoms with Crippen molar-refractivity contribution in [1.29, 1.82) is 0 Å². The lowest BCUT2D eigenvalue weighted by Gasteiger charge is -2.23. The van der Waals surface area contributed by atoms with Gasteiger partial charge in [-0.15, -0.1) is 0 Å². The Kier molecular flexibility index (Phi) is 3.33. The highest BCUT2D eigenvalue weighted by Crippen LogP contribution is 2.32. The van der Waals surface area contributed by atoms with E-state index in [-0.39, 0.29) is 0 Å². The van der Waals surface area contributed by atoms with Crippen molar-refractivity contribution in [3.63, 3.8) is 0 Å². The van der Waals surface area contributed by atoms with Gasteiger partial charge >= 0.3 is 0 Å². The number of rotatable bonds is 3. The second-order valence-corrected chi connectivity index (χ2v) is 5.69. The number of benzene rings is 1. The highest BCUT2D eigenvalue weighted by Gasteiger charge is 2.30. The number of pyridine rings is 1. The third kappa shape index (κ3) is 2.53. The van der Waals surface area contributed by atoms with Crippen molar-refractivity contribution in [2.24, 2.45) is 0 Å². The normalized spacial score (nSPS) is 17.8. The summed E-state index contributed by atoms with van der Waals surface area (Å²) in [5.41, 5.74) is 1.22. The molecule has 4 heteroatoms. The summed E-state index contributed by atoms with van der Waals surface area (Å²) in [6, 6.07) is 7.63. The Morgan fingerprint density at radius 1 is 1.26 bits per heavy atom. The van der Waals surface area contributed by atoms with Crippen molar-refractivity contribution in [2.75, 3.05) is 11.9 Å². The Morgan fingerprint density at radius 3 is 2.84 bits per heavy atom. The number of hydrogen-bond donors (Lipinski definition) is 2. The summed E-state index contributed by atoms with van der Waals surface area (Å²) >= 11 is 6.17. The molecule has 1 fully saturated rings. The van der Waals surface area contributed by atoms with Gasteiger partial charge in [0.15, 0.2) is 0 Å². The van der Waals surface area contributed by atoms with Gasteiger partial charge in [0.2, 0.25) is 0 Å². The predicted octanol–water partition coefficient (Wildman–Crippen LogP) is 3.61. The van der Waals surface area contributed by atoms with E-state index >= 15 is 0 Å². The molecule has 0 amide bonds. The average Bonchev–Trinajstić information content (AvgIpc) is 2.86. The summed E-state index contributed by atoms with van der Waals surface area (Å²) in [5.74, 6) is 0. The lowest BCUT2D eigenvalue weighted by Crippen LogP contribution is -2.33. The van der Waals surface area contributed by atoms with Gasteiger partial charge < -0.3 is 10.4 Å². The van der Waals surface area contributed by atoms with Crippen molar-refractivity contribution in [2.45, 2.75) is 31.3 Å². The SMILES string of the molecule is OC1(CNc2ccc(Cl)c3cccnc23)CCCC1. The van der Waals surface area contributed by atoms with Gasteiger partial charge in [0, 0.05) is 18.1 Å². The number of nitrogens with one attached hydrogen (secondary N) is 1. The first-order valence-electron chi connectivity index (χ1n) is 6.67. The van der Waals surface area contributed by atoms with Gasteiger partial charge in [-0.25, -0.2) is 0 Å². The van der Waals surface area contributed by atoms with Gasteiger partial charge in [-0.2, -0.15) is 0 Å². The van der Waals surface area contributed by atoms with Crippen LogP contribution in [0.1, 0.15) is 25.7 Å². The van der Waals surface area contributed by atoms with Crippen LogP contribution in [0.2, 0.25) is 5.02 Å². The van der Waals surface area contributed by atoms with E-state index in [0.29, 0.717) is 11.6 Å². The van der Waals surface area contributed by atoms with Crippen molar-refractivity contribution in [3.05, 3.63) is 35.5 Å². The third-order valence-electron chi connectivity index (χ3n) is 3.86. The fraction of sp³-hybridized carbons (Fsp3) is 0.400. The number of halogens is 1. The molecule has 2 aromatic rings. The quantitative estimate of drug-likeness (QED) is 0.900. The van der Waals surface area contributed by atoms with Crippen LogP contribution < -0.4 is 5.32 Å². The highest BCUT2D eigenvalue weighted by molar-refractivity contribution is 6.35. The monoisotopic (exact) mass is 276 g/mol. The van der Waals surface area contributed by atoms with Crippen LogP contribution in [-0.4, -0.2) is 22.2 Å². The molecule has 2 N–H and O–H groups in total. The molecule has 0 spiro atoms. The number of hydrogen-bond acceptors (Lipinski definition) is 3. The Morgan fingerprint density at radius 2 is 2.05 bits per heavy atom. The summed E-state index contributed by atoms with van der Waals surface area (Å²) in [5, 5.41) is 15.3. The molecule has 3 rings (SSSR count). The lowest BCUT2D eigenvalue weighted by molar-refractivity contribution is 0.0615. The van der Waals surface area contributed by atoms with Crippen molar-refractivity contribution < 1.29 is 5.11 Å². The van der Waals surface area contributed by atoms with Crippen molar-refractivity contribution >= 4 is 28.2 Å². The molecule has 3 nitrogen and oxygen atoms in total. The number of aromatic nitrogens is 1. The number of aliphatic hydroxyl groups is 1. The fourth-order valence-electron chi connectivity index (χ4n) is 2.75. The largest absolute Gasteiger partial charge is 0.388 e. The third-order valence-corrected chi connectivity index (χ3v) is 4.19. The molecular formula is C15H17ClN2O. The van der Waals surface area contributed by atoms with E-state index in [1.54, 1.807) is 6.20 Å². The molecule has 0 atom stereocenters. The first kappa shape index (κ1) is 12.7. The summed E-state index contributed by atoms with van der Waals surface area (Å²) in [6.45, 7) is 0.570. The molecule has 0 bridgehead atoms. The maximum atomic E-state index is 10.4. The minimum absolute atomic E-state index is 0.569. The molecule has 1 saturated carbocycles. The van der Waals surface area contributed by atoms with Crippen LogP contribution in [0.25, 0.3) is 10.9 Å². The molecular weight excluding hydrogens is 260 g/mol. The van der Waals surface area contributed by atoms with Crippen molar-refractivity contribution in [1.82, 2.24) is 4.98 Å². The predicted molar refractivity (Wildman–Crippen MR) is 78.7 cm³/mol. The van der Waals surface area contributed by atoms with Gasteiger partial charge in [-0.05, 0) is 37.1 Å². The van der Waals surface area contributed by atoms with E-state index in [4.69, 9.17) is 11.6 Å². The molecule has 0 radical (unpaired) electrons. The Bertz CT molecular complexity index is 594. The zero-order valence-corrected chi connectivity index (χ0v) is 11.5. The standard InChI is InChI=1S/C15H17ClN2O/c16-12-5-6-13(14-11(12)4-3-9-17-14)18-10-15(19)7-1-2-8-15/h3-6,9,18-19H,1-2,7-8,10H2. The molecule has 1 aliphatic carbocycles.